The number of hydrogen-bond acceptors (Lipinski definition) is 4. The summed E-state index contributed by atoms with van der Waals surface area (Å²) >= 11 is 0. The highest BCUT2D eigenvalue weighted by Gasteiger charge is 2.28. The highest BCUT2D eigenvalue weighted by atomic mass is 16.6. The number of methoxy groups -OCH3 is 1. The van der Waals surface area contributed by atoms with E-state index in [2.05, 4.69) is 12.2 Å². The molecule has 1 aromatic rings. The molecule has 0 bridgehead atoms. The van der Waals surface area contributed by atoms with Crippen molar-refractivity contribution >= 4 is 11.4 Å². The predicted octanol–water partition coefficient (Wildman–Crippen LogP) is 3.35. The first-order valence-electron chi connectivity index (χ1n) is 6.15. The Bertz CT molecular complexity index is 454. The third kappa shape index (κ3) is 2.55. The maximum atomic E-state index is 10.8. The molecule has 1 aliphatic carbocycles. The molecule has 0 amide bonds. The van der Waals surface area contributed by atoms with Crippen LogP contribution in [0.1, 0.15) is 32.6 Å². The van der Waals surface area contributed by atoms with E-state index in [-0.39, 0.29) is 11.2 Å². The Kier molecular flexibility index (Phi) is 3.41. The van der Waals surface area contributed by atoms with Gasteiger partial charge in [0.15, 0.2) is 5.75 Å². The smallest absolute Gasteiger partial charge is 0.311 e. The summed E-state index contributed by atoms with van der Waals surface area (Å²) in [6, 6.07) is 4.92. The maximum absolute atomic E-state index is 10.8. The molecule has 0 aromatic heterocycles. The third-order valence-electron chi connectivity index (χ3n) is 3.53. The number of benzene rings is 1. The number of rotatable bonds is 4. The fourth-order valence-corrected chi connectivity index (χ4v) is 2.54. The fourth-order valence-electron chi connectivity index (χ4n) is 2.54. The lowest BCUT2D eigenvalue weighted by Gasteiger charge is -2.26. The Balaban J connectivity index is 2.22. The Labute approximate surface area is 106 Å². The minimum absolute atomic E-state index is 0.000347. The molecule has 2 rings (SSSR count). The van der Waals surface area contributed by atoms with Gasteiger partial charge in [-0.25, -0.2) is 0 Å². The van der Waals surface area contributed by atoms with E-state index in [1.54, 1.807) is 12.1 Å². The zero-order valence-corrected chi connectivity index (χ0v) is 10.7. The van der Waals surface area contributed by atoms with Crippen LogP contribution in [0.2, 0.25) is 0 Å². The van der Waals surface area contributed by atoms with E-state index >= 15 is 0 Å². The van der Waals surface area contributed by atoms with Crippen molar-refractivity contribution in [3.8, 4) is 5.75 Å². The van der Waals surface area contributed by atoms with Crippen LogP contribution in [0.5, 0.6) is 5.75 Å². The standard InChI is InChI=1S/C13H18N2O3/c1-13(7-3-4-8-13)14-10-5-6-11(15(16)17)12(9-10)18-2/h5-6,9,14H,3-4,7-8H2,1-2H3. The average Bonchev–Trinajstić information content (AvgIpc) is 2.75. The molecule has 0 spiro atoms. The second-order valence-corrected chi connectivity index (χ2v) is 5.04. The van der Waals surface area contributed by atoms with E-state index in [1.165, 1.54) is 26.0 Å². The van der Waals surface area contributed by atoms with Crippen LogP contribution in [0, 0.1) is 10.1 Å². The average molecular weight is 250 g/mol. The molecular formula is C13H18N2O3. The van der Waals surface area contributed by atoms with Gasteiger partial charge < -0.3 is 10.1 Å². The van der Waals surface area contributed by atoms with Gasteiger partial charge >= 0.3 is 5.69 Å². The molecule has 0 saturated heterocycles. The second kappa shape index (κ2) is 4.84. The summed E-state index contributed by atoms with van der Waals surface area (Å²) in [7, 11) is 1.45. The van der Waals surface area contributed by atoms with Crippen LogP contribution in [-0.4, -0.2) is 17.6 Å². The van der Waals surface area contributed by atoms with Gasteiger partial charge in [-0.2, -0.15) is 0 Å². The summed E-state index contributed by atoms with van der Waals surface area (Å²) in [4.78, 5) is 10.4. The molecular weight excluding hydrogens is 232 g/mol. The van der Waals surface area contributed by atoms with Gasteiger partial charge in [-0.05, 0) is 25.8 Å². The zero-order chi connectivity index (χ0) is 13.2. The van der Waals surface area contributed by atoms with Crippen molar-refractivity contribution in [3.63, 3.8) is 0 Å². The van der Waals surface area contributed by atoms with E-state index in [0.717, 1.165) is 18.5 Å². The van der Waals surface area contributed by atoms with Gasteiger partial charge in [0.25, 0.3) is 0 Å². The first-order valence-corrected chi connectivity index (χ1v) is 6.15. The highest BCUT2D eigenvalue weighted by Crippen LogP contribution is 2.35. The van der Waals surface area contributed by atoms with Gasteiger partial charge in [0, 0.05) is 23.4 Å². The number of nitro groups is 1. The van der Waals surface area contributed by atoms with Gasteiger partial charge in [-0.3, -0.25) is 10.1 Å². The Morgan fingerprint density at radius 3 is 2.61 bits per heavy atom. The van der Waals surface area contributed by atoms with Crippen LogP contribution < -0.4 is 10.1 Å². The Morgan fingerprint density at radius 1 is 1.39 bits per heavy atom. The van der Waals surface area contributed by atoms with Crippen LogP contribution >= 0.6 is 0 Å². The molecule has 5 heteroatoms. The summed E-state index contributed by atoms with van der Waals surface area (Å²) in [5.74, 6) is 0.298. The van der Waals surface area contributed by atoms with E-state index in [9.17, 15) is 10.1 Å². The molecule has 0 unspecified atom stereocenters. The van der Waals surface area contributed by atoms with Crippen LogP contribution in [0.15, 0.2) is 18.2 Å². The van der Waals surface area contributed by atoms with Crippen LogP contribution in [0.4, 0.5) is 11.4 Å². The van der Waals surface area contributed by atoms with E-state index in [4.69, 9.17) is 4.74 Å². The molecule has 0 heterocycles. The number of anilines is 1. The van der Waals surface area contributed by atoms with Gasteiger partial charge in [0.05, 0.1) is 12.0 Å². The molecule has 1 saturated carbocycles. The van der Waals surface area contributed by atoms with Crippen LogP contribution in [0.25, 0.3) is 0 Å². The maximum Gasteiger partial charge on any atom is 0.311 e. The second-order valence-electron chi connectivity index (χ2n) is 5.04. The molecule has 1 aromatic carbocycles. The van der Waals surface area contributed by atoms with Crippen LogP contribution in [0.3, 0.4) is 0 Å². The minimum Gasteiger partial charge on any atom is -0.490 e. The Morgan fingerprint density at radius 2 is 2.06 bits per heavy atom. The van der Waals surface area contributed by atoms with Gasteiger partial charge in [0.1, 0.15) is 0 Å². The highest BCUT2D eigenvalue weighted by molar-refractivity contribution is 5.58. The SMILES string of the molecule is COc1cc(NC2(C)CCCC2)ccc1[N+](=O)[O-]. The molecule has 1 fully saturated rings. The quantitative estimate of drug-likeness (QED) is 0.657. The largest absolute Gasteiger partial charge is 0.490 e. The number of ether oxygens (including phenoxy) is 1. The Hall–Kier alpha value is -1.78. The minimum atomic E-state index is -0.431. The van der Waals surface area contributed by atoms with E-state index in [0.29, 0.717) is 5.75 Å². The lowest BCUT2D eigenvalue weighted by molar-refractivity contribution is -0.385. The summed E-state index contributed by atoms with van der Waals surface area (Å²) in [6.07, 6.45) is 4.72. The molecule has 5 nitrogen and oxygen atoms in total. The van der Waals surface area contributed by atoms with Gasteiger partial charge in [0.2, 0.25) is 0 Å². The summed E-state index contributed by atoms with van der Waals surface area (Å²) in [5.41, 5.74) is 0.975. The molecule has 0 aliphatic heterocycles. The van der Waals surface area contributed by atoms with Crippen molar-refractivity contribution < 1.29 is 9.66 Å². The molecule has 1 aliphatic rings. The molecule has 0 radical (unpaired) electrons. The van der Waals surface area contributed by atoms with E-state index in [1.807, 2.05) is 0 Å². The lowest BCUT2D eigenvalue weighted by atomic mass is 10.0. The topological polar surface area (TPSA) is 64.4 Å². The van der Waals surface area contributed by atoms with Crippen molar-refractivity contribution in [3.05, 3.63) is 28.3 Å². The number of nitrogens with zero attached hydrogens (tertiary/aromatic N) is 1. The predicted molar refractivity (Wildman–Crippen MR) is 70.1 cm³/mol. The first kappa shape index (κ1) is 12.7. The van der Waals surface area contributed by atoms with Crippen molar-refractivity contribution in [1.29, 1.82) is 0 Å². The fraction of sp³-hybridized carbons (Fsp3) is 0.538. The summed E-state index contributed by atoms with van der Waals surface area (Å²) in [5, 5.41) is 14.3. The number of hydrogen-bond donors (Lipinski definition) is 1. The van der Waals surface area contributed by atoms with Gasteiger partial charge in [-0.1, -0.05) is 12.8 Å². The van der Waals surface area contributed by atoms with Crippen molar-refractivity contribution in [2.45, 2.75) is 38.1 Å². The third-order valence-corrected chi connectivity index (χ3v) is 3.53. The molecule has 1 N–H and O–H groups in total. The molecule has 18 heavy (non-hydrogen) atoms. The van der Waals surface area contributed by atoms with Crippen molar-refractivity contribution in [2.24, 2.45) is 0 Å². The summed E-state index contributed by atoms with van der Waals surface area (Å²) < 4.78 is 5.06. The molecule has 0 atom stereocenters. The number of nitrogens with one attached hydrogen (secondary N) is 1. The number of nitro benzene ring substituents is 1. The van der Waals surface area contributed by atoms with Gasteiger partial charge in [-0.15, -0.1) is 0 Å². The normalized spacial score (nSPS) is 17.4. The van der Waals surface area contributed by atoms with Crippen LogP contribution in [-0.2, 0) is 0 Å². The molecule has 98 valence electrons. The zero-order valence-electron chi connectivity index (χ0n) is 10.7. The monoisotopic (exact) mass is 250 g/mol. The van der Waals surface area contributed by atoms with E-state index < -0.39 is 4.92 Å². The summed E-state index contributed by atoms with van der Waals surface area (Å²) in [6.45, 7) is 2.19. The van der Waals surface area contributed by atoms with Crippen molar-refractivity contribution in [1.82, 2.24) is 0 Å². The lowest BCUT2D eigenvalue weighted by Crippen LogP contribution is -2.30. The van der Waals surface area contributed by atoms with Crippen molar-refractivity contribution in [2.75, 3.05) is 12.4 Å². The first-order chi connectivity index (χ1) is 8.54.